The van der Waals surface area contributed by atoms with E-state index in [0.717, 1.165) is 6.42 Å². The van der Waals surface area contributed by atoms with Gasteiger partial charge in [0.2, 0.25) is 5.91 Å². The molecular weight excluding hydrogens is 220 g/mol. The van der Waals surface area contributed by atoms with Gasteiger partial charge in [0.15, 0.2) is 0 Å². The fraction of sp³-hybridized carbons (Fsp3) is 0.833. The summed E-state index contributed by atoms with van der Waals surface area (Å²) in [6.45, 7) is 7.21. The van der Waals surface area contributed by atoms with E-state index in [9.17, 15) is 9.59 Å². The molecule has 0 spiro atoms. The second-order valence-electron chi connectivity index (χ2n) is 4.79. The average molecular weight is 244 g/mol. The third-order valence-corrected chi connectivity index (χ3v) is 3.18. The van der Waals surface area contributed by atoms with Gasteiger partial charge in [-0.3, -0.25) is 4.79 Å². The van der Waals surface area contributed by atoms with Crippen molar-refractivity contribution in [2.45, 2.75) is 58.5 Å². The van der Waals surface area contributed by atoms with Gasteiger partial charge in [0.05, 0.1) is 6.04 Å². The first-order chi connectivity index (χ1) is 7.78. The first-order valence-corrected chi connectivity index (χ1v) is 6.09. The molecule has 0 aromatic rings. The van der Waals surface area contributed by atoms with Crippen LogP contribution in [0, 0.1) is 5.92 Å². The number of hydrogen-bond donors (Lipinski definition) is 3. The van der Waals surface area contributed by atoms with Crippen LogP contribution in [0.2, 0.25) is 0 Å². The van der Waals surface area contributed by atoms with E-state index < -0.39 is 23.5 Å². The van der Waals surface area contributed by atoms with Crippen LogP contribution in [0.3, 0.4) is 0 Å². The van der Waals surface area contributed by atoms with E-state index in [2.05, 4.69) is 5.32 Å². The molecule has 0 heterocycles. The fourth-order valence-corrected chi connectivity index (χ4v) is 1.59. The molecule has 0 saturated heterocycles. The van der Waals surface area contributed by atoms with Crippen LogP contribution in [0.1, 0.15) is 47.0 Å². The number of amides is 1. The first-order valence-electron chi connectivity index (χ1n) is 6.09. The molecule has 0 aromatic carbocycles. The molecule has 2 unspecified atom stereocenters. The van der Waals surface area contributed by atoms with E-state index in [1.54, 1.807) is 0 Å². The van der Waals surface area contributed by atoms with Crippen molar-refractivity contribution in [2.75, 3.05) is 0 Å². The van der Waals surface area contributed by atoms with Crippen LogP contribution in [0.5, 0.6) is 0 Å². The molecule has 0 aliphatic heterocycles. The van der Waals surface area contributed by atoms with Crippen LogP contribution in [0.15, 0.2) is 0 Å². The Morgan fingerprint density at radius 3 is 2.29 bits per heavy atom. The molecule has 0 rings (SSSR count). The van der Waals surface area contributed by atoms with Gasteiger partial charge < -0.3 is 16.2 Å². The number of carbonyl (C=O) groups is 2. The van der Waals surface area contributed by atoms with Gasteiger partial charge in [-0.25, -0.2) is 4.79 Å². The van der Waals surface area contributed by atoms with Gasteiger partial charge >= 0.3 is 5.97 Å². The normalized spacial score (nSPS) is 17.9. The van der Waals surface area contributed by atoms with Crippen molar-refractivity contribution in [3.63, 3.8) is 0 Å². The maximum Gasteiger partial charge on any atom is 0.329 e. The van der Waals surface area contributed by atoms with E-state index in [-0.39, 0.29) is 5.92 Å². The van der Waals surface area contributed by atoms with Crippen molar-refractivity contribution >= 4 is 11.9 Å². The van der Waals surface area contributed by atoms with Crippen LogP contribution in [0.4, 0.5) is 0 Å². The number of carbonyl (C=O) groups excluding carboxylic acids is 1. The van der Waals surface area contributed by atoms with Crippen molar-refractivity contribution in [3.8, 4) is 0 Å². The predicted molar refractivity (Wildman–Crippen MR) is 66.5 cm³/mol. The Morgan fingerprint density at radius 1 is 1.41 bits per heavy atom. The van der Waals surface area contributed by atoms with Gasteiger partial charge in [-0.15, -0.1) is 0 Å². The number of carboxylic acid groups (broad SMARTS) is 1. The molecule has 0 aromatic heterocycles. The Morgan fingerprint density at radius 2 is 1.94 bits per heavy atom. The molecular formula is C12H24N2O3. The van der Waals surface area contributed by atoms with Crippen molar-refractivity contribution in [3.05, 3.63) is 0 Å². The smallest absolute Gasteiger partial charge is 0.329 e. The van der Waals surface area contributed by atoms with Crippen LogP contribution in [0.25, 0.3) is 0 Å². The summed E-state index contributed by atoms with van der Waals surface area (Å²) in [7, 11) is 0. The van der Waals surface area contributed by atoms with E-state index in [1.165, 1.54) is 6.92 Å². The van der Waals surface area contributed by atoms with Gasteiger partial charge in [0, 0.05) is 0 Å². The summed E-state index contributed by atoms with van der Waals surface area (Å²) in [5, 5.41) is 11.7. The maximum atomic E-state index is 11.8. The highest BCUT2D eigenvalue weighted by Gasteiger charge is 2.35. The first kappa shape index (κ1) is 15.9. The summed E-state index contributed by atoms with van der Waals surface area (Å²) in [6, 6.07) is -0.657. The Bertz CT molecular complexity index is 281. The van der Waals surface area contributed by atoms with Crippen molar-refractivity contribution < 1.29 is 14.7 Å². The zero-order chi connectivity index (χ0) is 13.6. The SMILES string of the molecule is CCCC(C)(NC(=O)[C@@H](N)C(C)CC)C(=O)O. The number of carboxylic acids is 1. The highest BCUT2D eigenvalue weighted by atomic mass is 16.4. The fourth-order valence-electron chi connectivity index (χ4n) is 1.59. The van der Waals surface area contributed by atoms with Crippen molar-refractivity contribution in [1.29, 1.82) is 0 Å². The Kier molecular flexibility index (Phi) is 6.16. The quantitative estimate of drug-likeness (QED) is 0.625. The summed E-state index contributed by atoms with van der Waals surface area (Å²) in [5.74, 6) is -1.38. The third kappa shape index (κ3) is 4.34. The number of nitrogens with one attached hydrogen (secondary N) is 1. The lowest BCUT2D eigenvalue weighted by Gasteiger charge is -2.28. The minimum atomic E-state index is -1.23. The molecule has 3 atom stereocenters. The molecule has 5 nitrogen and oxygen atoms in total. The largest absolute Gasteiger partial charge is 0.480 e. The molecule has 0 bridgehead atoms. The second kappa shape index (κ2) is 6.59. The summed E-state index contributed by atoms with van der Waals surface area (Å²) in [4.78, 5) is 23.0. The minimum Gasteiger partial charge on any atom is -0.480 e. The molecule has 100 valence electrons. The number of rotatable bonds is 7. The molecule has 1 amide bonds. The van der Waals surface area contributed by atoms with Crippen LogP contribution >= 0.6 is 0 Å². The lowest BCUT2D eigenvalue weighted by molar-refractivity contribution is -0.147. The van der Waals surface area contributed by atoms with Crippen LogP contribution < -0.4 is 11.1 Å². The zero-order valence-electron chi connectivity index (χ0n) is 11.1. The van der Waals surface area contributed by atoms with Gasteiger partial charge in [0.1, 0.15) is 5.54 Å². The van der Waals surface area contributed by atoms with E-state index in [0.29, 0.717) is 12.8 Å². The standard InChI is InChI=1S/C12H24N2O3/c1-5-7-12(4,11(16)17)14-10(15)9(13)8(3)6-2/h8-9H,5-7,13H2,1-4H3,(H,14,15)(H,16,17)/t8?,9-,12?/m0/s1. The monoisotopic (exact) mass is 244 g/mol. The summed E-state index contributed by atoms with van der Waals surface area (Å²) >= 11 is 0. The Labute approximate surface area is 103 Å². The lowest BCUT2D eigenvalue weighted by Crippen LogP contribution is -2.57. The Balaban J connectivity index is 4.67. The van der Waals surface area contributed by atoms with E-state index in [1.807, 2.05) is 20.8 Å². The molecule has 4 N–H and O–H groups in total. The number of hydrogen-bond acceptors (Lipinski definition) is 3. The molecule has 5 heteroatoms. The molecule has 0 saturated carbocycles. The molecule has 17 heavy (non-hydrogen) atoms. The van der Waals surface area contributed by atoms with Crippen LogP contribution in [-0.2, 0) is 9.59 Å². The van der Waals surface area contributed by atoms with Crippen LogP contribution in [-0.4, -0.2) is 28.6 Å². The average Bonchev–Trinajstić information content (AvgIpc) is 2.26. The summed E-state index contributed by atoms with van der Waals surface area (Å²) < 4.78 is 0. The van der Waals surface area contributed by atoms with Crippen molar-refractivity contribution in [2.24, 2.45) is 11.7 Å². The number of nitrogens with two attached hydrogens (primary N) is 1. The second-order valence-corrected chi connectivity index (χ2v) is 4.79. The number of aliphatic carboxylic acids is 1. The highest BCUT2D eigenvalue weighted by molar-refractivity contribution is 5.89. The molecule has 0 radical (unpaired) electrons. The molecule has 0 aliphatic rings. The molecule has 0 aliphatic carbocycles. The summed E-state index contributed by atoms with van der Waals surface area (Å²) in [6.07, 6.45) is 1.86. The predicted octanol–water partition coefficient (Wildman–Crippen LogP) is 1.12. The molecule has 0 fully saturated rings. The van der Waals surface area contributed by atoms with E-state index in [4.69, 9.17) is 10.8 Å². The van der Waals surface area contributed by atoms with Gasteiger partial charge in [-0.1, -0.05) is 33.6 Å². The van der Waals surface area contributed by atoms with Gasteiger partial charge in [0.25, 0.3) is 0 Å². The van der Waals surface area contributed by atoms with Gasteiger partial charge in [-0.05, 0) is 19.3 Å². The minimum absolute atomic E-state index is 0.0367. The lowest BCUT2D eigenvalue weighted by atomic mass is 9.93. The Hall–Kier alpha value is -1.10. The zero-order valence-corrected chi connectivity index (χ0v) is 11.1. The highest BCUT2D eigenvalue weighted by Crippen LogP contribution is 2.14. The van der Waals surface area contributed by atoms with Crippen molar-refractivity contribution in [1.82, 2.24) is 5.32 Å². The van der Waals surface area contributed by atoms with Gasteiger partial charge in [-0.2, -0.15) is 0 Å². The maximum absolute atomic E-state index is 11.8. The van der Waals surface area contributed by atoms with E-state index >= 15 is 0 Å². The summed E-state index contributed by atoms with van der Waals surface area (Å²) in [5.41, 5.74) is 4.54. The third-order valence-electron chi connectivity index (χ3n) is 3.18. The topological polar surface area (TPSA) is 92.4 Å².